The molecule has 0 spiro atoms. The van der Waals surface area contributed by atoms with Gasteiger partial charge >= 0.3 is 0 Å². The molecule has 3 heterocycles. The molecular formula is C17H26N4O2. The quantitative estimate of drug-likeness (QED) is 0.816. The molecule has 0 aromatic carbocycles. The highest BCUT2D eigenvalue weighted by molar-refractivity contribution is 5.41. The Morgan fingerprint density at radius 2 is 1.96 bits per heavy atom. The number of hydrogen-bond acceptors (Lipinski definition) is 6. The van der Waals surface area contributed by atoms with Crippen LogP contribution in [0.2, 0.25) is 0 Å². The Kier molecular flexibility index (Phi) is 4.73. The van der Waals surface area contributed by atoms with Gasteiger partial charge in [0.25, 0.3) is 0 Å². The summed E-state index contributed by atoms with van der Waals surface area (Å²) in [6.45, 7) is 5.51. The van der Waals surface area contributed by atoms with Crippen LogP contribution < -0.4 is 4.90 Å². The lowest BCUT2D eigenvalue weighted by atomic mass is 10.0. The SMILES string of the molecule is c1cc(N(C2CC2)C2CCN(CC3COCCO3)CC2)ncn1. The summed E-state index contributed by atoms with van der Waals surface area (Å²) in [5, 5.41) is 0. The van der Waals surface area contributed by atoms with Gasteiger partial charge in [-0.25, -0.2) is 9.97 Å². The minimum atomic E-state index is 0.252. The van der Waals surface area contributed by atoms with Crippen molar-refractivity contribution in [2.24, 2.45) is 0 Å². The van der Waals surface area contributed by atoms with E-state index in [0.717, 1.165) is 45.3 Å². The van der Waals surface area contributed by atoms with E-state index in [4.69, 9.17) is 9.47 Å². The van der Waals surface area contributed by atoms with E-state index in [1.807, 2.05) is 6.20 Å². The summed E-state index contributed by atoms with van der Waals surface area (Å²) in [7, 11) is 0. The van der Waals surface area contributed by atoms with Crippen molar-refractivity contribution in [1.82, 2.24) is 14.9 Å². The van der Waals surface area contributed by atoms with E-state index in [9.17, 15) is 0 Å². The van der Waals surface area contributed by atoms with Crippen LogP contribution in [0.15, 0.2) is 18.6 Å². The highest BCUT2D eigenvalue weighted by Crippen LogP contribution is 2.35. The molecule has 6 heteroatoms. The van der Waals surface area contributed by atoms with E-state index in [0.29, 0.717) is 12.1 Å². The van der Waals surface area contributed by atoms with E-state index in [1.54, 1.807) is 6.33 Å². The normalized spacial score (nSPS) is 27.0. The van der Waals surface area contributed by atoms with E-state index in [-0.39, 0.29) is 6.10 Å². The Morgan fingerprint density at radius 3 is 2.61 bits per heavy atom. The molecule has 0 amide bonds. The lowest BCUT2D eigenvalue weighted by Crippen LogP contribution is -2.49. The van der Waals surface area contributed by atoms with Gasteiger partial charge in [-0.2, -0.15) is 0 Å². The van der Waals surface area contributed by atoms with Crippen molar-refractivity contribution in [2.45, 2.75) is 43.9 Å². The second kappa shape index (κ2) is 7.11. The second-order valence-corrected chi connectivity index (χ2v) is 6.81. The van der Waals surface area contributed by atoms with Crippen LogP contribution in [0.3, 0.4) is 0 Å². The summed E-state index contributed by atoms with van der Waals surface area (Å²) >= 11 is 0. The number of ether oxygens (including phenoxy) is 2. The molecule has 1 aliphatic carbocycles. The van der Waals surface area contributed by atoms with Gasteiger partial charge in [0.2, 0.25) is 0 Å². The third-order valence-electron chi connectivity index (χ3n) is 5.07. The maximum atomic E-state index is 5.78. The first-order valence-corrected chi connectivity index (χ1v) is 8.86. The van der Waals surface area contributed by atoms with Crippen molar-refractivity contribution in [2.75, 3.05) is 44.4 Å². The van der Waals surface area contributed by atoms with Crippen LogP contribution in [0.5, 0.6) is 0 Å². The minimum Gasteiger partial charge on any atom is -0.376 e. The van der Waals surface area contributed by atoms with Crippen LogP contribution in [0.1, 0.15) is 25.7 Å². The van der Waals surface area contributed by atoms with E-state index < -0.39 is 0 Å². The van der Waals surface area contributed by atoms with Crippen molar-refractivity contribution in [3.8, 4) is 0 Å². The molecule has 3 fully saturated rings. The fourth-order valence-electron chi connectivity index (χ4n) is 3.77. The standard InChI is InChI=1S/C17H26N4O2/c1-2-14(1)21(17-3-6-18-13-19-17)15-4-7-20(8-5-15)11-16-12-22-9-10-23-16/h3,6,13-16H,1-2,4-5,7-12H2. The monoisotopic (exact) mass is 318 g/mol. The van der Waals surface area contributed by atoms with Crippen LogP contribution >= 0.6 is 0 Å². The summed E-state index contributed by atoms with van der Waals surface area (Å²) in [5.41, 5.74) is 0. The lowest BCUT2D eigenvalue weighted by Gasteiger charge is -2.40. The zero-order valence-corrected chi connectivity index (χ0v) is 13.6. The Balaban J connectivity index is 1.33. The summed E-state index contributed by atoms with van der Waals surface area (Å²) in [6.07, 6.45) is 8.78. The zero-order valence-electron chi connectivity index (χ0n) is 13.6. The molecule has 1 atom stereocenters. The number of piperidine rings is 1. The number of nitrogens with zero attached hydrogens (tertiary/aromatic N) is 4. The molecule has 1 unspecified atom stereocenters. The Hall–Kier alpha value is -1.24. The van der Waals surface area contributed by atoms with E-state index >= 15 is 0 Å². The Morgan fingerprint density at radius 1 is 1.13 bits per heavy atom. The van der Waals surface area contributed by atoms with Crippen LogP contribution in [0.25, 0.3) is 0 Å². The van der Waals surface area contributed by atoms with E-state index in [1.165, 1.54) is 25.7 Å². The molecule has 23 heavy (non-hydrogen) atoms. The predicted octanol–water partition coefficient (Wildman–Crippen LogP) is 1.33. The van der Waals surface area contributed by atoms with Gasteiger partial charge in [-0.05, 0) is 31.7 Å². The van der Waals surface area contributed by atoms with Gasteiger partial charge in [0, 0.05) is 37.9 Å². The molecule has 126 valence electrons. The van der Waals surface area contributed by atoms with Crippen LogP contribution in [0, 0.1) is 0 Å². The average molecular weight is 318 g/mol. The van der Waals surface area contributed by atoms with Crippen LogP contribution in [-0.4, -0.2) is 72.5 Å². The van der Waals surface area contributed by atoms with E-state index in [2.05, 4.69) is 25.8 Å². The second-order valence-electron chi connectivity index (χ2n) is 6.81. The maximum Gasteiger partial charge on any atom is 0.132 e. The Bertz CT molecular complexity index is 483. The lowest BCUT2D eigenvalue weighted by molar-refractivity contribution is -0.0988. The number of aromatic nitrogens is 2. The van der Waals surface area contributed by atoms with Gasteiger partial charge in [0.1, 0.15) is 12.1 Å². The van der Waals surface area contributed by atoms with Crippen molar-refractivity contribution >= 4 is 5.82 Å². The molecule has 4 rings (SSSR count). The first kappa shape index (κ1) is 15.3. The molecule has 0 bridgehead atoms. The number of anilines is 1. The topological polar surface area (TPSA) is 50.7 Å². The first-order valence-electron chi connectivity index (χ1n) is 8.86. The van der Waals surface area contributed by atoms with Crippen molar-refractivity contribution in [3.05, 3.63) is 18.6 Å². The van der Waals surface area contributed by atoms with Gasteiger partial charge in [-0.3, -0.25) is 0 Å². The van der Waals surface area contributed by atoms with Crippen LogP contribution in [-0.2, 0) is 9.47 Å². The zero-order chi connectivity index (χ0) is 15.5. The first-order chi connectivity index (χ1) is 11.4. The molecule has 6 nitrogen and oxygen atoms in total. The van der Waals surface area contributed by atoms with Crippen molar-refractivity contribution < 1.29 is 9.47 Å². The fraction of sp³-hybridized carbons (Fsp3) is 0.765. The number of rotatable bonds is 5. The smallest absolute Gasteiger partial charge is 0.132 e. The maximum absolute atomic E-state index is 5.78. The number of hydrogen-bond donors (Lipinski definition) is 0. The summed E-state index contributed by atoms with van der Waals surface area (Å²) < 4.78 is 11.3. The Labute approximate surface area is 137 Å². The molecule has 1 aromatic heterocycles. The molecule has 2 saturated heterocycles. The fourth-order valence-corrected chi connectivity index (χ4v) is 3.77. The third kappa shape index (κ3) is 3.82. The summed E-state index contributed by atoms with van der Waals surface area (Å²) in [4.78, 5) is 13.6. The van der Waals surface area contributed by atoms with Crippen molar-refractivity contribution in [3.63, 3.8) is 0 Å². The van der Waals surface area contributed by atoms with Gasteiger partial charge in [0.05, 0.1) is 25.9 Å². The van der Waals surface area contributed by atoms with Gasteiger partial charge in [-0.15, -0.1) is 0 Å². The molecule has 1 aromatic rings. The molecular weight excluding hydrogens is 292 g/mol. The third-order valence-corrected chi connectivity index (χ3v) is 5.07. The highest BCUT2D eigenvalue weighted by atomic mass is 16.6. The molecule has 0 N–H and O–H groups in total. The van der Waals surface area contributed by atoms with Gasteiger partial charge in [0.15, 0.2) is 0 Å². The summed E-state index contributed by atoms with van der Waals surface area (Å²) in [6, 6.07) is 3.35. The largest absolute Gasteiger partial charge is 0.376 e. The van der Waals surface area contributed by atoms with Crippen molar-refractivity contribution in [1.29, 1.82) is 0 Å². The van der Waals surface area contributed by atoms with Gasteiger partial charge < -0.3 is 19.3 Å². The average Bonchev–Trinajstić information content (AvgIpc) is 3.44. The molecule has 2 aliphatic heterocycles. The molecule has 0 radical (unpaired) electrons. The summed E-state index contributed by atoms with van der Waals surface area (Å²) in [5.74, 6) is 1.10. The van der Waals surface area contributed by atoms with Gasteiger partial charge in [-0.1, -0.05) is 0 Å². The number of likely N-dealkylation sites (tertiary alicyclic amines) is 1. The highest BCUT2D eigenvalue weighted by Gasteiger charge is 2.36. The predicted molar refractivity (Wildman–Crippen MR) is 87.6 cm³/mol. The molecule has 1 saturated carbocycles. The minimum absolute atomic E-state index is 0.252. The molecule has 3 aliphatic rings. The van der Waals surface area contributed by atoms with Crippen LogP contribution in [0.4, 0.5) is 5.82 Å².